The molecule has 5 heteroatoms. The third kappa shape index (κ3) is 3.35. The minimum Gasteiger partial charge on any atom is -0.481 e. The Labute approximate surface area is 135 Å². The van der Waals surface area contributed by atoms with Crippen molar-refractivity contribution in [2.45, 2.75) is 12.3 Å². The second kappa shape index (κ2) is 6.61. The summed E-state index contributed by atoms with van der Waals surface area (Å²) in [5, 5.41) is 10.3. The Morgan fingerprint density at radius 1 is 1.15 bits per heavy atom. The summed E-state index contributed by atoms with van der Waals surface area (Å²) in [7, 11) is 0. The summed E-state index contributed by atoms with van der Waals surface area (Å²) >= 11 is 15.5. The lowest BCUT2D eigenvalue weighted by Crippen LogP contribution is -2.15. The zero-order valence-electron chi connectivity index (χ0n) is 10.3. The van der Waals surface area contributed by atoms with Gasteiger partial charge in [0.15, 0.2) is 0 Å². The molecular weight excluding hydrogens is 363 g/mol. The molecule has 2 rings (SSSR count). The van der Waals surface area contributed by atoms with Crippen molar-refractivity contribution in [2.75, 3.05) is 0 Å². The van der Waals surface area contributed by atoms with Crippen molar-refractivity contribution in [1.29, 1.82) is 0 Å². The smallest absolute Gasteiger partial charge is 0.311 e. The fourth-order valence-electron chi connectivity index (χ4n) is 2.01. The van der Waals surface area contributed by atoms with Gasteiger partial charge in [0.2, 0.25) is 0 Å². The Morgan fingerprint density at radius 3 is 2.50 bits per heavy atom. The molecule has 0 saturated carbocycles. The molecule has 20 heavy (non-hydrogen) atoms. The molecule has 0 saturated heterocycles. The van der Waals surface area contributed by atoms with E-state index in [1.54, 1.807) is 24.3 Å². The normalized spacial score (nSPS) is 12.2. The van der Waals surface area contributed by atoms with Crippen LogP contribution in [0, 0.1) is 0 Å². The topological polar surface area (TPSA) is 37.3 Å². The molecule has 0 radical (unpaired) electrons. The maximum Gasteiger partial charge on any atom is 0.311 e. The van der Waals surface area contributed by atoms with Crippen LogP contribution < -0.4 is 0 Å². The summed E-state index contributed by atoms with van der Waals surface area (Å²) in [6.07, 6.45) is 0.289. The maximum atomic E-state index is 11.6. The third-order valence-corrected chi connectivity index (χ3v) is 4.61. The summed E-state index contributed by atoms with van der Waals surface area (Å²) in [5.41, 5.74) is 1.44. The molecule has 0 amide bonds. The number of hydrogen-bond donors (Lipinski definition) is 1. The second-order valence-corrected chi connectivity index (χ2v) is 5.97. The van der Waals surface area contributed by atoms with E-state index in [1.807, 2.05) is 18.2 Å². The lowest BCUT2D eigenvalue weighted by Gasteiger charge is -2.15. The highest BCUT2D eigenvalue weighted by Crippen LogP contribution is 2.32. The number of carboxylic acid groups (broad SMARTS) is 1. The Bertz CT molecular complexity index is 644. The van der Waals surface area contributed by atoms with E-state index >= 15 is 0 Å². The maximum absolute atomic E-state index is 11.6. The highest BCUT2D eigenvalue weighted by Gasteiger charge is 2.23. The molecule has 0 spiro atoms. The molecule has 1 unspecified atom stereocenters. The molecule has 0 fully saturated rings. The van der Waals surface area contributed by atoms with Crippen LogP contribution in [0.5, 0.6) is 0 Å². The van der Waals surface area contributed by atoms with Crippen LogP contribution in [0.2, 0.25) is 10.0 Å². The van der Waals surface area contributed by atoms with E-state index in [2.05, 4.69) is 15.9 Å². The molecule has 0 bridgehead atoms. The lowest BCUT2D eigenvalue weighted by atomic mass is 9.92. The first-order valence-electron chi connectivity index (χ1n) is 5.91. The number of rotatable bonds is 4. The average molecular weight is 374 g/mol. The summed E-state index contributed by atoms with van der Waals surface area (Å²) in [6.45, 7) is 0. The van der Waals surface area contributed by atoms with Crippen LogP contribution in [0.15, 0.2) is 46.9 Å². The van der Waals surface area contributed by atoms with Crippen LogP contribution in [0.25, 0.3) is 0 Å². The number of benzene rings is 2. The molecule has 0 aliphatic rings. The molecule has 0 aliphatic heterocycles. The van der Waals surface area contributed by atoms with Gasteiger partial charge in [0, 0.05) is 4.47 Å². The highest BCUT2D eigenvalue weighted by atomic mass is 79.9. The summed E-state index contributed by atoms with van der Waals surface area (Å²) in [4.78, 5) is 11.6. The largest absolute Gasteiger partial charge is 0.481 e. The summed E-state index contributed by atoms with van der Waals surface area (Å²) in [5.74, 6) is -1.57. The molecule has 1 N–H and O–H groups in total. The van der Waals surface area contributed by atoms with Gasteiger partial charge in [-0.3, -0.25) is 4.79 Å². The van der Waals surface area contributed by atoms with Crippen molar-refractivity contribution in [2.24, 2.45) is 0 Å². The van der Waals surface area contributed by atoms with E-state index in [9.17, 15) is 9.90 Å². The molecule has 2 aromatic carbocycles. The molecular formula is C15H11BrCl2O2. The monoisotopic (exact) mass is 372 g/mol. The van der Waals surface area contributed by atoms with Crippen LogP contribution in [0.3, 0.4) is 0 Å². The SMILES string of the molecule is O=C(O)C(Cc1cccc(Cl)c1Cl)c1ccccc1Br. The van der Waals surface area contributed by atoms with E-state index in [4.69, 9.17) is 23.2 Å². The number of aliphatic carboxylic acids is 1. The zero-order chi connectivity index (χ0) is 14.7. The minimum atomic E-state index is -0.895. The third-order valence-electron chi connectivity index (χ3n) is 3.03. The van der Waals surface area contributed by atoms with Gasteiger partial charge >= 0.3 is 5.97 Å². The molecule has 0 aliphatic carbocycles. The Balaban J connectivity index is 2.39. The fraction of sp³-hybridized carbons (Fsp3) is 0.133. The molecule has 2 aromatic rings. The first-order valence-corrected chi connectivity index (χ1v) is 7.45. The second-order valence-electron chi connectivity index (χ2n) is 4.33. The first kappa shape index (κ1) is 15.4. The summed E-state index contributed by atoms with van der Waals surface area (Å²) < 4.78 is 0.769. The van der Waals surface area contributed by atoms with Gasteiger partial charge in [-0.1, -0.05) is 69.5 Å². The van der Waals surface area contributed by atoms with E-state index in [1.165, 1.54) is 0 Å². The van der Waals surface area contributed by atoms with Crippen LogP contribution in [0.4, 0.5) is 0 Å². The Kier molecular flexibility index (Phi) is 5.08. The van der Waals surface area contributed by atoms with Crippen molar-refractivity contribution in [1.82, 2.24) is 0 Å². The number of halogens is 3. The first-order chi connectivity index (χ1) is 9.50. The average Bonchev–Trinajstić information content (AvgIpc) is 2.41. The van der Waals surface area contributed by atoms with Gasteiger partial charge in [-0.15, -0.1) is 0 Å². The predicted molar refractivity (Wildman–Crippen MR) is 84.7 cm³/mol. The fourth-order valence-corrected chi connectivity index (χ4v) is 2.97. The Hall–Kier alpha value is -1.03. The van der Waals surface area contributed by atoms with Gasteiger partial charge < -0.3 is 5.11 Å². The molecule has 0 aromatic heterocycles. The number of carbonyl (C=O) groups is 1. The number of hydrogen-bond acceptors (Lipinski definition) is 1. The van der Waals surface area contributed by atoms with E-state index < -0.39 is 11.9 Å². The van der Waals surface area contributed by atoms with E-state index in [0.29, 0.717) is 10.0 Å². The van der Waals surface area contributed by atoms with E-state index in [0.717, 1.165) is 15.6 Å². The van der Waals surface area contributed by atoms with Crippen LogP contribution in [-0.4, -0.2) is 11.1 Å². The van der Waals surface area contributed by atoms with Crippen molar-refractivity contribution < 1.29 is 9.90 Å². The van der Waals surface area contributed by atoms with Crippen LogP contribution >= 0.6 is 39.1 Å². The molecule has 1 atom stereocenters. The molecule has 104 valence electrons. The van der Waals surface area contributed by atoms with Gasteiger partial charge in [-0.25, -0.2) is 0 Å². The summed E-state index contributed by atoms with van der Waals surface area (Å²) in [6, 6.07) is 12.5. The van der Waals surface area contributed by atoms with Crippen molar-refractivity contribution >= 4 is 45.1 Å². The van der Waals surface area contributed by atoms with Gasteiger partial charge in [0.1, 0.15) is 0 Å². The highest BCUT2D eigenvalue weighted by molar-refractivity contribution is 9.10. The zero-order valence-corrected chi connectivity index (χ0v) is 13.4. The van der Waals surface area contributed by atoms with Gasteiger partial charge in [0.25, 0.3) is 0 Å². The van der Waals surface area contributed by atoms with E-state index in [-0.39, 0.29) is 6.42 Å². The molecule has 2 nitrogen and oxygen atoms in total. The van der Waals surface area contributed by atoms with Crippen LogP contribution in [0.1, 0.15) is 17.0 Å². The minimum absolute atomic E-state index is 0.289. The van der Waals surface area contributed by atoms with Gasteiger partial charge in [-0.2, -0.15) is 0 Å². The molecule has 0 heterocycles. The van der Waals surface area contributed by atoms with Crippen LogP contribution in [-0.2, 0) is 11.2 Å². The lowest BCUT2D eigenvalue weighted by molar-refractivity contribution is -0.138. The van der Waals surface area contributed by atoms with Crippen molar-refractivity contribution in [3.05, 3.63) is 68.1 Å². The van der Waals surface area contributed by atoms with Crippen molar-refractivity contribution in [3.8, 4) is 0 Å². The van der Waals surface area contributed by atoms with Gasteiger partial charge in [0.05, 0.1) is 16.0 Å². The predicted octanol–water partition coefficient (Wildman–Crippen LogP) is 5.17. The number of carboxylic acids is 1. The quantitative estimate of drug-likeness (QED) is 0.802. The Morgan fingerprint density at radius 2 is 1.85 bits per heavy atom. The van der Waals surface area contributed by atoms with Gasteiger partial charge in [-0.05, 0) is 29.7 Å². The van der Waals surface area contributed by atoms with Crippen molar-refractivity contribution in [3.63, 3.8) is 0 Å². The standard InChI is InChI=1S/C15H11BrCl2O2/c16-12-6-2-1-5-10(12)11(15(19)20)8-9-4-3-7-13(17)14(9)18/h1-7,11H,8H2,(H,19,20).